The molecule has 0 aliphatic heterocycles. The summed E-state index contributed by atoms with van der Waals surface area (Å²) in [6.07, 6.45) is 0. The molecule has 118 valence electrons. The fourth-order valence-corrected chi connectivity index (χ4v) is 3.67. The molecule has 0 aromatic heterocycles. The summed E-state index contributed by atoms with van der Waals surface area (Å²) in [4.78, 5) is 0. The van der Waals surface area contributed by atoms with E-state index in [1.54, 1.807) is 5.56 Å². The second-order valence-corrected chi connectivity index (χ2v) is 7.79. The fourth-order valence-electron chi connectivity index (χ4n) is 3.38. The second-order valence-electron chi connectivity index (χ2n) is 7.12. The van der Waals surface area contributed by atoms with E-state index >= 15 is 0 Å². The summed E-state index contributed by atoms with van der Waals surface area (Å²) in [5.74, 6) is 1.64. The van der Waals surface area contributed by atoms with E-state index in [1.165, 1.54) is 27.6 Å². The first-order chi connectivity index (χ1) is 10.3. The van der Waals surface area contributed by atoms with Gasteiger partial charge in [-0.15, -0.1) is 9.24 Å². The third-order valence-corrected chi connectivity index (χ3v) is 4.65. The van der Waals surface area contributed by atoms with Crippen LogP contribution in [0.3, 0.4) is 0 Å². The van der Waals surface area contributed by atoms with Gasteiger partial charge in [0.05, 0.1) is 0 Å². The van der Waals surface area contributed by atoms with Gasteiger partial charge in [0.15, 0.2) is 0 Å². The lowest BCUT2D eigenvalue weighted by atomic mass is 9.79. The van der Waals surface area contributed by atoms with Crippen LogP contribution in [-0.2, 0) is 0 Å². The third kappa shape index (κ3) is 3.44. The van der Waals surface area contributed by atoms with Gasteiger partial charge in [-0.3, -0.25) is 0 Å². The Morgan fingerprint density at radius 3 is 1.86 bits per heavy atom. The maximum atomic E-state index is 2.81. The molecular weight excluding hydrogens is 283 g/mol. The fraction of sp³-hybridized carbons (Fsp3) is 0.429. The smallest absolute Gasteiger partial charge is 0.0146 e. The van der Waals surface area contributed by atoms with Crippen molar-refractivity contribution < 1.29 is 0 Å². The summed E-state index contributed by atoms with van der Waals surface area (Å²) < 4.78 is 0. The van der Waals surface area contributed by atoms with Crippen LogP contribution >= 0.6 is 9.24 Å². The standard InChI is InChI=1S/C21H29P/c1-13(2)18-10-11-19(16-8-7-9-17(22)12-16)21(15(5)6)20(18)14(3)4/h7-15H,22H2,1-6H3. The average Bonchev–Trinajstić information content (AvgIpc) is 2.45. The minimum Gasteiger partial charge on any atom is -0.106 e. The van der Waals surface area contributed by atoms with Crippen molar-refractivity contribution in [1.82, 2.24) is 0 Å². The molecule has 0 spiro atoms. The molecule has 0 heterocycles. The Morgan fingerprint density at radius 2 is 1.36 bits per heavy atom. The van der Waals surface area contributed by atoms with Crippen molar-refractivity contribution >= 4 is 14.5 Å². The quantitative estimate of drug-likeness (QED) is 0.587. The van der Waals surface area contributed by atoms with Gasteiger partial charge in [0.1, 0.15) is 0 Å². The minimum atomic E-state index is 0.527. The summed E-state index contributed by atoms with van der Waals surface area (Å²) in [6, 6.07) is 13.5. The Hall–Kier alpha value is -1.13. The Labute approximate surface area is 138 Å². The largest absolute Gasteiger partial charge is 0.106 e. The van der Waals surface area contributed by atoms with E-state index in [0.717, 1.165) is 0 Å². The van der Waals surface area contributed by atoms with Gasteiger partial charge >= 0.3 is 0 Å². The lowest BCUT2D eigenvalue weighted by Crippen LogP contribution is -2.07. The molecule has 22 heavy (non-hydrogen) atoms. The van der Waals surface area contributed by atoms with E-state index in [0.29, 0.717) is 17.8 Å². The first-order valence-electron chi connectivity index (χ1n) is 8.35. The summed E-state index contributed by atoms with van der Waals surface area (Å²) in [7, 11) is 2.81. The molecule has 0 bridgehead atoms. The Kier molecular flexibility index (Phi) is 5.45. The highest BCUT2D eigenvalue weighted by Crippen LogP contribution is 2.39. The van der Waals surface area contributed by atoms with Gasteiger partial charge in [0.2, 0.25) is 0 Å². The Balaban J connectivity index is 2.78. The van der Waals surface area contributed by atoms with Crippen LogP contribution in [0.2, 0.25) is 0 Å². The predicted octanol–water partition coefficient (Wildman–Crippen LogP) is 6.22. The van der Waals surface area contributed by atoms with Gasteiger partial charge < -0.3 is 0 Å². The minimum absolute atomic E-state index is 0.527. The summed E-state index contributed by atoms with van der Waals surface area (Å²) >= 11 is 0. The molecule has 0 amide bonds. The monoisotopic (exact) mass is 312 g/mol. The van der Waals surface area contributed by atoms with E-state index in [1.807, 2.05) is 0 Å². The lowest BCUT2D eigenvalue weighted by molar-refractivity contribution is 0.750. The first-order valence-corrected chi connectivity index (χ1v) is 8.93. The maximum Gasteiger partial charge on any atom is -0.0146 e. The first kappa shape index (κ1) is 17.2. The van der Waals surface area contributed by atoms with Crippen molar-refractivity contribution in [3.05, 3.63) is 53.1 Å². The molecule has 0 saturated heterocycles. The molecule has 0 radical (unpaired) electrons. The van der Waals surface area contributed by atoms with Gasteiger partial charge in [-0.25, -0.2) is 0 Å². The van der Waals surface area contributed by atoms with Crippen LogP contribution in [0.5, 0.6) is 0 Å². The van der Waals surface area contributed by atoms with Crippen molar-refractivity contribution in [3.8, 4) is 11.1 Å². The number of benzene rings is 2. The van der Waals surface area contributed by atoms with E-state index in [4.69, 9.17) is 0 Å². The maximum absolute atomic E-state index is 2.81. The molecule has 0 nitrogen and oxygen atoms in total. The highest BCUT2D eigenvalue weighted by atomic mass is 31.0. The molecule has 2 aromatic rings. The van der Waals surface area contributed by atoms with Crippen molar-refractivity contribution in [2.75, 3.05) is 0 Å². The normalized spacial score (nSPS) is 11.7. The van der Waals surface area contributed by atoms with E-state index < -0.39 is 0 Å². The van der Waals surface area contributed by atoms with Gasteiger partial charge in [0, 0.05) is 0 Å². The summed E-state index contributed by atoms with van der Waals surface area (Å²) in [5.41, 5.74) is 7.30. The van der Waals surface area contributed by atoms with E-state index in [9.17, 15) is 0 Å². The molecule has 1 atom stereocenters. The molecular formula is C21H29P. The Bertz CT molecular complexity index is 651. The van der Waals surface area contributed by atoms with Crippen molar-refractivity contribution in [3.63, 3.8) is 0 Å². The van der Waals surface area contributed by atoms with Crippen molar-refractivity contribution in [1.29, 1.82) is 0 Å². The zero-order valence-electron chi connectivity index (χ0n) is 14.8. The van der Waals surface area contributed by atoms with Crippen LogP contribution in [0.4, 0.5) is 0 Å². The highest BCUT2D eigenvalue weighted by Gasteiger charge is 2.20. The van der Waals surface area contributed by atoms with Crippen LogP contribution < -0.4 is 5.30 Å². The molecule has 0 fully saturated rings. The molecule has 0 N–H and O–H groups in total. The van der Waals surface area contributed by atoms with Crippen molar-refractivity contribution in [2.45, 2.75) is 59.3 Å². The topological polar surface area (TPSA) is 0 Å². The second kappa shape index (κ2) is 6.97. The van der Waals surface area contributed by atoms with E-state index in [-0.39, 0.29) is 0 Å². The number of hydrogen-bond acceptors (Lipinski definition) is 0. The molecule has 1 unspecified atom stereocenters. The van der Waals surface area contributed by atoms with Gasteiger partial charge in [-0.2, -0.15) is 0 Å². The molecule has 2 aromatic carbocycles. The SMILES string of the molecule is CC(C)c1ccc(-c2cccc(P)c2)c(C(C)C)c1C(C)C. The number of hydrogen-bond donors (Lipinski definition) is 0. The van der Waals surface area contributed by atoms with Crippen LogP contribution in [0.25, 0.3) is 11.1 Å². The van der Waals surface area contributed by atoms with Crippen molar-refractivity contribution in [2.24, 2.45) is 0 Å². The van der Waals surface area contributed by atoms with Crippen LogP contribution in [0.1, 0.15) is 76.0 Å². The molecule has 2 rings (SSSR count). The molecule has 0 aliphatic rings. The summed E-state index contributed by atoms with van der Waals surface area (Å²) in [5, 5.41) is 1.24. The van der Waals surface area contributed by atoms with Crippen LogP contribution in [-0.4, -0.2) is 0 Å². The van der Waals surface area contributed by atoms with Gasteiger partial charge in [-0.05, 0) is 56.9 Å². The average molecular weight is 312 g/mol. The van der Waals surface area contributed by atoms with Gasteiger partial charge in [-0.1, -0.05) is 71.9 Å². The number of rotatable bonds is 4. The molecule has 0 saturated carbocycles. The van der Waals surface area contributed by atoms with Crippen LogP contribution in [0.15, 0.2) is 36.4 Å². The van der Waals surface area contributed by atoms with Gasteiger partial charge in [0.25, 0.3) is 0 Å². The Morgan fingerprint density at radius 1 is 0.727 bits per heavy atom. The summed E-state index contributed by atoms with van der Waals surface area (Å²) in [6.45, 7) is 13.9. The molecule has 1 heteroatoms. The van der Waals surface area contributed by atoms with E-state index in [2.05, 4.69) is 87.2 Å². The predicted molar refractivity (Wildman–Crippen MR) is 103 cm³/mol. The lowest BCUT2D eigenvalue weighted by Gasteiger charge is -2.26. The zero-order valence-corrected chi connectivity index (χ0v) is 15.9. The van der Waals surface area contributed by atoms with Crippen LogP contribution in [0, 0.1) is 0 Å². The molecule has 0 aliphatic carbocycles. The zero-order chi connectivity index (χ0) is 16.4. The highest BCUT2D eigenvalue weighted by molar-refractivity contribution is 7.27. The third-order valence-electron chi connectivity index (χ3n) is 4.30.